The molecule has 3 aromatic rings. The fourth-order valence-electron chi connectivity index (χ4n) is 2.70. The quantitative estimate of drug-likeness (QED) is 0.597. The molecule has 7 nitrogen and oxygen atoms in total. The van der Waals surface area contributed by atoms with E-state index in [9.17, 15) is 4.79 Å². The van der Waals surface area contributed by atoms with E-state index in [1.165, 1.54) is 27.5 Å². The number of nitrogens with zero attached hydrogens (tertiary/aromatic N) is 2. The Morgan fingerprint density at radius 3 is 2.00 bits per heavy atom. The molecule has 0 aliphatic rings. The molecule has 0 radical (unpaired) electrons. The lowest BCUT2D eigenvalue weighted by Crippen LogP contribution is -2.03. The highest BCUT2D eigenvalue weighted by Crippen LogP contribution is 2.38. The largest absolute Gasteiger partial charge is 0.497 e. The van der Waals surface area contributed by atoms with Crippen molar-refractivity contribution in [2.75, 3.05) is 28.4 Å². The first-order chi connectivity index (χ1) is 13.1. The van der Waals surface area contributed by atoms with Crippen LogP contribution in [0.25, 0.3) is 5.69 Å². The zero-order valence-electron chi connectivity index (χ0n) is 15.6. The zero-order valence-corrected chi connectivity index (χ0v) is 15.6. The molecule has 0 atom stereocenters. The molecular formula is C20H20N2O5. The van der Waals surface area contributed by atoms with Crippen molar-refractivity contribution in [3.63, 3.8) is 0 Å². The average molecular weight is 368 g/mol. The highest BCUT2D eigenvalue weighted by molar-refractivity contribution is 6.09. The summed E-state index contributed by atoms with van der Waals surface area (Å²) in [6, 6.07) is 10.6. The van der Waals surface area contributed by atoms with Crippen LogP contribution in [0.3, 0.4) is 0 Å². The molecule has 0 N–H and O–H groups in total. The topological polar surface area (TPSA) is 71.8 Å². The van der Waals surface area contributed by atoms with E-state index in [4.69, 9.17) is 18.9 Å². The number of benzene rings is 2. The van der Waals surface area contributed by atoms with Crippen molar-refractivity contribution in [2.24, 2.45) is 0 Å². The van der Waals surface area contributed by atoms with Crippen LogP contribution in [0, 0.1) is 0 Å². The molecule has 3 rings (SSSR count). The van der Waals surface area contributed by atoms with Gasteiger partial charge in [-0.3, -0.25) is 4.79 Å². The van der Waals surface area contributed by atoms with E-state index in [0.29, 0.717) is 28.4 Å². The van der Waals surface area contributed by atoms with Crippen molar-refractivity contribution < 1.29 is 23.7 Å². The number of ether oxygens (including phenoxy) is 4. The van der Waals surface area contributed by atoms with Crippen LogP contribution in [0.15, 0.2) is 48.8 Å². The molecule has 1 heterocycles. The fraction of sp³-hybridized carbons (Fsp3) is 0.200. The second kappa shape index (κ2) is 7.82. The van der Waals surface area contributed by atoms with Crippen LogP contribution in [0.4, 0.5) is 0 Å². The minimum Gasteiger partial charge on any atom is -0.497 e. The molecule has 0 aliphatic heterocycles. The molecule has 1 aromatic heterocycles. The van der Waals surface area contributed by atoms with Crippen molar-refractivity contribution in [2.45, 2.75) is 0 Å². The Morgan fingerprint density at radius 2 is 1.48 bits per heavy atom. The van der Waals surface area contributed by atoms with Gasteiger partial charge in [0, 0.05) is 11.8 Å². The van der Waals surface area contributed by atoms with E-state index in [-0.39, 0.29) is 5.78 Å². The Balaban J connectivity index is 1.93. The highest BCUT2D eigenvalue weighted by atomic mass is 16.5. The van der Waals surface area contributed by atoms with Crippen LogP contribution in [0.1, 0.15) is 15.9 Å². The summed E-state index contributed by atoms with van der Waals surface area (Å²) < 4.78 is 22.7. The van der Waals surface area contributed by atoms with Crippen molar-refractivity contribution >= 4 is 5.78 Å². The third kappa shape index (κ3) is 3.57. The monoisotopic (exact) mass is 368 g/mol. The lowest BCUT2D eigenvalue weighted by atomic mass is 10.1. The Kier molecular flexibility index (Phi) is 5.30. The third-order valence-electron chi connectivity index (χ3n) is 4.11. The van der Waals surface area contributed by atoms with Crippen LogP contribution in [-0.2, 0) is 0 Å². The standard InChI is InChI=1S/C20H20N2O5/c1-24-16-7-5-15(6-8-16)22-12-14(11-21-22)19(23)13-9-17(25-2)20(27-4)18(10-13)26-3/h5-12H,1-4H3. The summed E-state index contributed by atoms with van der Waals surface area (Å²) in [6.07, 6.45) is 3.20. The number of hydrogen-bond donors (Lipinski definition) is 0. The first kappa shape index (κ1) is 18.3. The van der Waals surface area contributed by atoms with Gasteiger partial charge in [0.25, 0.3) is 0 Å². The molecule has 2 aromatic carbocycles. The minimum absolute atomic E-state index is 0.200. The maximum Gasteiger partial charge on any atom is 0.203 e. The molecule has 140 valence electrons. The fourth-order valence-corrected chi connectivity index (χ4v) is 2.70. The molecular weight excluding hydrogens is 348 g/mol. The van der Waals surface area contributed by atoms with Gasteiger partial charge in [-0.05, 0) is 36.4 Å². The second-order valence-electron chi connectivity index (χ2n) is 5.61. The Hall–Kier alpha value is -3.48. The Bertz CT molecular complexity index is 922. The molecule has 0 spiro atoms. The predicted octanol–water partition coefficient (Wildman–Crippen LogP) is 3.14. The van der Waals surface area contributed by atoms with Crippen LogP contribution in [0.2, 0.25) is 0 Å². The number of rotatable bonds is 7. The summed E-state index contributed by atoms with van der Waals surface area (Å²) in [6.45, 7) is 0. The van der Waals surface area contributed by atoms with Gasteiger partial charge in [-0.2, -0.15) is 5.10 Å². The van der Waals surface area contributed by atoms with Gasteiger partial charge in [-0.25, -0.2) is 4.68 Å². The lowest BCUT2D eigenvalue weighted by molar-refractivity contribution is 0.103. The number of ketones is 1. The molecule has 0 aliphatic carbocycles. The normalized spacial score (nSPS) is 10.4. The van der Waals surface area contributed by atoms with Crippen LogP contribution < -0.4 is 18.9 Å². The van der Waals surface area contributed by atoms with Crippen molar-refractivity contribution in [3.8, 4) is 28.7 Å². The van der Waals surface area contributed by atoms with Crippen molar-refractivity contribution in [1.82, 2.24) is 9.78 Å². The first-order valence-corrected chi connectivity index (χ1v) is 8.15. The van der Waals surface area contributed by atoms with Crippen LogP contribution >= 0.6 is 0 Å². The molecule has 0 fully saturated rings. The number of hydrogen-bond acceptors (Lipinski definition) is 6. The van der Waals surface area contributed by atoms with E-state index < -0.39 is 0 Å². The summed E-state index contributed by atoms with van der Waals surface area (Å²) in [5, 5.41) is 4.28. The van der Waals surface area contributed by atoms with E-state index in [1.54, 1.807) is 30.1 Å². The predicted molar refractivity (Wildman–Crippen MR) is 99.6 cm³/mol. The summed E-state index contributed by atoms with van der Waals surface area (Å²) >= 11 is 0. The van der Waals surface area contributed by atoms with Gasteiger partial charge in [0.1, 0.15) is 5.75 Å². The maximum absolute atomic E-state index is 12.9. The Morgan fingerprint density at radius 1 is 0.852 bits per heavy atom. The number of carbonyl (C=O) groups is 1. The van der Waals surface area contributed by atoms with Gasteiger partial charge in [-0.15, -0.1) is 0 Å². The van der Waals surface area contributed by atoms with Gasteiger partial charge in [0.15, 0.2) is 17.3 Å². The highest BCUT2D eigenvalue weighted by Gasteiger charge is 2.19. The number of aromatic nitrogens is 2. The molecule has 0 amide bonds. The van der Waals surface area contributed by atoms with Crippen LogP contribution in [-0.4, -0.2) is 44.0 Å². The molecule has 27 heavy (non-hydrogen) atoms. The molecule has 7 heteroatoms. The molecule has 0 saturated heterocycles. The smallest absolute Gasteiger partial charge is 0.203 e. The SMILES string of the molecule is COc1ccc(-n2cc(C(=O)c3cc(OC)c(OC)c(OC)c3)cn2)cc1. The average Bonchev–Trinajstić information content (AvgIpc) is 3.22. The van der Waals surface area contributed by atoms with E-state index in [0.717, 1.165) is 11.4 Å². The van der Waals surface area contributed by atoms with E-state index in [2.05, 4.69) is 5.10 Å². The third-order valence-corrected chi connectivity index (χ3v) is 4.11. The van der Waals surface area contributed by atoms with E-state index >= 15 is 0 Å². The summed E-state index contributed by atoms with van der Waals surface area (Å²) in [4.78, 5) is 12.9. The molecule has 0 saturated carbocycles. The Labute approximate surface area is 157 Å². The van der Waals surface area contributed by atoms with E-state index in [1.807, 2.05) is 24.3 Å². The summed E-state index contributed by atoms with van der Waals surface area (Å²) in [7, 11) is 6.14. The zero-order chi connectivity index (χ0) is 19.4. The number of carbonyl (C=O) groups excluding carboxylic acids is 1. The van der Waals surface area contributed by atoms with Gasteiger partial charge >= 0.3 is 0 Å². The van der Waals surface area contributed by atoms with Crippen LogP contribution in [0.5, 0.6) is 23.0 Å². The lowest BCUT2D eigenvalue weighted by Gasteiger charge is -2.13. The summed E-state index contributed by atoms with van der Waals surface area (Å²) in [5.41, 5.74) is 1.68. The molecule has 0 bridgehead atoms. The van der Waals surface area contributed by atoms with Gasteiger partial charge in [0.05, 0.1) is 45.9 Å². The first-order valence-electron chi connectivity index (χ1n) is 8.15. The van der Waals surface area contributed by atoms with Crippen molar-refractivity contribution in [1.29, 1.82) is 0 Å². The second-order valence-corrected chi connectivity index (χ2v) is 5.61. The minimum atomic E-state index is -0.200. The van der Waals surface area contributed by atoms with Gasteiger partial charge in [0.2, 0.25) is 5.75 Å². The maximum atomic E-state index is 12.9. The number of methoxy groups -OCH3 is 4. The summed E-state index contributed by atoms with van der Waals surface area (Å²) in [5.74, 6) is 1.82. The van der Waals surface area contributed by atoms with Gasteiger partial charge in [-0.1, -0.05) is 0 Å². The van der Waals surface area contributed by atoms with Gasteiger partial charge < -0.3 is 18.9 Å². The molecule has 0 unspecified atom stereocenters. The van der Waals surface area contributed by atoms with Crippen molar-refractivity contribution in [3.05, 3.63) is 59.9 Å².